The summed E-state index contributed by atoms with van der Waals surface area (Å²) in [4.78, 5) is 42.5. The Morgan fingerprint density at radius 1 is 1.03 bits per heavy atom. The third-order valence-electron chi connectivity index (χ3n) is 6.26. The summed E-state index contributed by atoms with van der Waals surface area (Å²) in [6.07, 6.45) is 3.39. The number of aromatic nitrogens is 1. The van der Waals surface area contributed by atoms with Crippen LogP contribution in [0.5, 0.6) is 0 Å². The number of hydrogen-bond acceptors (Lipinski definition) is 6. The number of amides is 2. The molecule has 0 radical (unpaired) electrons. The van der Waals surface area contributed by atoms with Crippen molar-refractivity contribution in [2.75, 3.05) is 23.0 Å². The van der Waals surface area contributed by atoms with Gasteiger partial charge in [0.1, 0.15) is 11.4 Å². The van der Waals surface area contributed by atoms with Gasteiger partial charge in [-0.25, -0.2) is 9.78 Å². The van der Waals surface area contributed by atoms with E-state index in [1.54, 1.807) is 33.8 Å². The first-order valence-electron chi connectivity index (χ1n) is 12.1. The third-order valence-corrected chi connectivity index (χ3v) is 6.26. The Morgan fingerprint density at radius 3 is 2.31 bits per heavy atom. The Hall–Kier alpha value is -3.42. The van der Waals surface area contributed by atoms with Crippen molar-refractivity contribution < 1.29 is 19.1 Å². The number of ether oxygens (including phenoxy) is 1. The van der Waals surface area contributed by atoms with Crippen LogP contribution in [0, 0.1) is 18.8 Å². The molecule has 1 aromatic carbocycles. The van der Waals surface area contributed by atoms with Crippen molar-refractivity contribution in [3.8, 4) is 0 Å². The van der Waals surface area contributed by atoms with Crippen molar-refractivity contribution in [3.63, 3.8) is 0 Å². The number of pyridine rings is 1. The summed E-state index contributed by atoms with van der Waals surface area (Å²) in [6, 6.07) is 9.73. The fourth-order valence-corrected chi connectivity index (χ4v) is 4.50. The molecule has 8 nitrogen and oxygen atoms in total. The fraction of sp³-hybridized carbons (Fsp3) is 0.481. The number of aryl methyl sites for hydroxylation is 1. The Labute approximate surface area is 207 Å². The number of Topliss-reactive ketones (excluding diaryl/α,β-unsaturated/α-hetero) is 1. The van der Waals surface area contributed by atoms with Crippen LogP contribution in [0.1, 0.15) is 64.0 Å². The number of anilines is 3. The number of nitrogens with zero attached hydrogens (tertiary/aromatic N) is 1. The largest absolute Gasteiger partial charge is 0.444 e. The summed E-state index contributed by atoms with van der Waals surface area (Å²) in [5.41, 5.74) is 2.49. The summed E-state index contributed by atoms with van der Waals surface area (Å²) in [5.74, 6) is -0.707. The summed E-state index contributed by atoms with van der Waals surface area (Å²) in [5, 5.41) is 8.41. The van der Waals surface area contributed by atoms with Crippen LogP contribution in [0.2, 0.25) is 0 Å². The van der Waals surface area contributed by atoms with E-state index in [0.717, 1.165) is 24.1 Å². The van der Waals surface area contributed by atoms with Crippen molar-refractivity contribution in [1.29, 1.82) is 0 Å². The van der Waals surface area contributed by atoms with Gasteiger partial charge in [0.15, 0.2) is 0 Å². The van der Waals surface area contributed by atoms with E-state index in [2.05, 4.69) is 27.9 Å². The molecule has 1 heterocycles. The van der Waals surface area contributed by atoms with Crippen LogP contribution in [0.15, 0.2) is 36.5 Å². The maximum absolute atomic E-state index is 13.3. The minimum atomic E-state index is -0.644. The Bertz CT molecular complexity index is 1080. The van der Waals surface area contributed by atoms with Gasteiger partial charge in [0.05, 0.1) is 11.9 Å². The molecule has 0 aliphatic heterocycles. The number of ketones is 1. The molecule has 3 rings (SSSR count). The lowest BCUT2D eigenvalue weighted by Crippen LogP contribution is -2.36. The normalized spacial score (nSPS) is 20.0. The molecule has 3 N–H and O–H groups in total. The second-order valence-electron chi connectivity index (χ2n) is 10.3. The van der Waals surface area contributed by atoms with Gasteiger partial charge in [-0.3, -0.25) is 14.9 Å². The van der Waals surface area contributed by atoms with Gasteiger partial charge in [0.25, 0.3) is 5.91 Å². The lowest BCUT2D eigenvalue weighted by Gasteiger charge is -2.34. The molecular formula is C27H36N4O4. The topological polar surface area (TPSA) is 109 Å². The van der Waals surface area contributed by atoms with Gasteiger partial charge < -0.3 is 15.4 Å². The Kier molecular flexibility index (Phi) is 8.14. The van der Waals surface area contributed by atoms with Gasteiger partial charge in [0, 0.05) is 18.7 Å². The van der Waals surface area contributed by atoms with Crippen molar-refractivity contribution in [2.45, 2.75) is 65.4 Å². The Morgan fingerprint density at radius 2 is 1.71 bits per heavy atom. The highest BCUT2D eigenvalue weighted by molar-refractivity contribution is 6.41. The smallest absolute Gasteiger partial charge is 0.413 e. The SMILES string of the molecule is CNc1ccc([C@@H]2CC[C@@H](C)CC2C(=O)C(=O)Nc2cnc(NC(=O)OC(C)(C)C)c(C)c2)cc1. The Balaban J connectivity index is 1.70. The van der Waals surface area contributed by atoms with Crippen LogP contribution < -0.4 is 16.0 Å². The van der Waals surface area contributed by atoms with Crippen LogP contribution in [0.3, 0.4) is 0 Å². The number of nitrogens with one attached hydrogen (secondary N) is 3. The van der Waals surface area contributed by atoms with Gasteiger partial charge in [0.2, 0.25) is 5.78 Å². The first-order valence-corrected chi connectivity index (χ1v) is 12.1. The average molecular weight is 481 g/mol. The maximum Gasteiger partial charge on any atom is 0.413 e. The molecule has 35 heavy (non-hydrogen) atoms. The molecule has 0 spiro atoms. The lowest BCUT2D eigenvalue weighted by atomic mass is 9.70. The lowest BCUT2D eigenvalue weighted by molar-refractivity contribution is -0.138. The zero-order valence-corrected chi connectivity index (χ0v) is 21.4. The van der Waals surface area contributed by atoms with E-state index in [1.807, 2.05) is 31.3 Å². The molecule has 1 unspecified atom stereocenters. The van der Waals surface area contributed by atoms with Crippen molar-refractivity contribution in [2.24, 2.45) is 11.8 Å². The molecule has 1 fully saturated rings. The third kappa shape index (κ3) is 7.04. The molecule has 2 aromatic rings. The van der Waals surface area contributed by atoms with Gasteiger partial charge in [-0.15, -0.1) is 0 Å². The fourth-order valence-electron chi connectivity index (χ4n) is 4.50. The predicted octanol–water partition coefficient (Wildman–Crippen LogP) is 5.51. The van der Waals surface area contributed by atoms with Crippen LogP contribution >= 0.6 is 0 Å². The van der Waals surface area contributed by atoms with E-state index >= 15 is 0 Å². The van der Waals surface area contributed by atoms with Gasteiger partial charge in [-0.05, 0) is 81.7 Å². The standard InChI is InChI=1S/C27H36N4O4/c1-16-7-12-21(18-8-10-19(28-6)11-9-18)22(13-16)23(32)25(33)30-20-14-17(2)24(29-15-20)31-26(34)35-27(3,4)5/h8-11,14-16,21-22,28H,7,12-13H2,1-6H3,(H,30,33)(H,29,31,34)/t16-,21+,22?/m1/s1. The first-order chi connectivity index (χ1) is 16.5. The zero-order valence-electron chi connectivity index (χ0n) is 21.4. The van der Waals surface area contributed by atoms with Crippen LogP contribution in [0.25, 0.3) is 0 Å². The molecule has 2 amide bonds. The molecule has 0 bridgehead atoms. The van der Waals surface area contributed by atoms with E-state index in [4.69, 9.17) is 4.74 Å². The predicted molar refractivity (Wildman–Crippen MR) is 138 cm³/mol. The molecule has 1 aromatic heterocycles. The minimum absolute atomic E-state index is 0.00984. The van der Waals surface area contributed by atoms with E-state index in [9.17, 15) is 14.4 Å². The number of rotatable bonds is 6. The van der Waals surface area contributed by atoms with Crippen molar-refractivity contribution >= 4 is 35.0 Å². The first kappa shape index (κ1) is 26.2. The second kappa shape index (κ2) is 10.9. The summed E-state index contributed by atoms with van der Waals surface area (Å²) < 4.78 is 5.25. The molecule has 3 atom stereocenters. The van der Waals surface area contributed by atoms with Crippen LogP contribution in [-0.2, 0) is 14.3 Å². The van der Waals surface area contributed by atoms with Gasteiger partial charge in [-0.2, -0.15) is 0 Å². The molecule has 1 aliphatic rings. The number of hydrogen-bond donors (Lipinski definition) is 3. The van der Waals surface area contributed by atoms with Gasteiger partial charge in [-0.1, -0.05) is 25.5 Å². The summed E-state index contributed by atoms with van der Waals surface area (Å²) in [6.45, 7) is 9.21. The summed E-state index contributed by atoms with van der Waals surface area (Å²) in [7, 11) is 1.87. The highest BCUT2D eigenvalue weighted by atomic mass is 16.6. The van der Waals surface area contributed by atoms with E-state index < -0.39 is 23.4 Å². The van der Waals surface area contributed by atoms with Crippen LogP contribution in [0.4, 0.5) is 22.0 Å². The number of benzene rings is 1. The molecule has 1 saturated carbocycles. The highest BCUT2D eigenvalue weighted by Crippen LogP contribution is 2.41. The second-order valence-corrected chi connectivity index (χ2v) is 10.3. The average Bonchev–Trinajstić information content (AvgIpc) is 2.79. The van der Waals surface area contributed by atoms with Gasteiger partial charge >= 0.3 is 6.09 Å². The minimum Gasteiger partial charge on any atom is -0.444 e. The van der Waals surface area contributed by atoms with E-state index in [1.165, 1.54) is 6.20 Å². The molecule has 188 valence electrons. The number of carbonyl (C=O) groups excluding carboxylic acids is 3. The highest BCUT2D eigenvalue weighted by Gasteiger charge is 2.37. The summed E-state index contributed by atoms with van der Waals surface area (Å²) >= 11 is 0. The molecule has 1 aliphatic carbocycles. The quantitative estimate of drug-likeness (QED) is 0.471. The van der Waals surface area contributed by atoms with Crippen molar-refractivity contribution in [1.82, 2.24) is 4.98 Å². The molecular weight excluding hydrogens is 444 g/mol. The number of carbonyl (C=O) groups is 3. The molecule has 8 heteroatoms. The monoisotopic (exact) mass is 480 g/mol. The van der Waals surface area contributed by atoms with Crippen LogP contribution in [-0.4, -0.2) is 35.4 Å². The van der Waals surface area contributed by atoms with E-state index in [0.29, 0.717) is 29.4 Å². The molecule has 0 saturated heterocycles. The zero-order chi connectivity index (χ0) is 25.8. The maximum atomic E-state index is 13.3. The van der Waals surface area contributed by atoms with Crippen molar-refractivity contribution in [3.05, 3.63) is 47.7 Å². The van der Waals surface area contributed by atoms with E-state index in [-0.39, 0.29) is 11.8 Å².